The van der Waals surface area contributed by atoms with Gasteiger partial charge in [-0.2, -0.15) is 0 Å². The molecule has 7 heteroatoms. The largest absolute Gasteiger partial charge is 0.327 e. The number of rotatable bonds is 5. The maximum atomic E-state index is 13.5. The normalized spacial score (nSPS) is 20.2. The van der Waals surface area contributed by atoms with Crippen LogP contribution in [0.5, 0.6) is 0 Å². The van der Waals surface area contributed by atoms with Gasteiger partial charge in [0.05, 0.1) is 12.1 Å². The van der Waals surface area contributed by atoms with Gasteiger partial charge in [0.1, 0.15) is 6.04 Å². The third-order valence-corrected chi connectivity index (χ3v) is 6.09. The van der Waals surface area contributed by atoms with Crippen molar-refractivity contribution < 1.29 is 19.2 Å². The number of carbonyl (C=O) groups is 4. The maximum Gasteiger partial charge on any atom is 0.257 e. The Bertz CT molecular complexity index is 864. The topological polar surface area (TPSA) is 86.8 Å². The predicted octanol–water partition coefficient (Wildman–Crippen LogP) is 4.26. The van der Waals surface area contributed by atoms with Crippen LogP contribution in [-0.4, -0.2) is 40.6 Å². The number of anilines is 2. The number of benzene rings is 1. The average Bonchev–Trinajstić information content (AvgIpc) is 2.86. The molecule has 32 heavy (non-hydrogen) atoms. The van der Waals surface area contributed by atoms with Gasteiger partial charge in [-0.05, 0) is 42.5 Å². The highest BCUT2D eigenvalue weighted by molar-refractivity contribution is 6.23. The summed E-state index contributed by atoms with van der Waals surface area (Å²) in [6.07, 6.45) is 6.45. The molecule has 7 nitrogen and oxygen atoms in total. The SMILES string of the molecule is CC(=O)Nc1ccc(N2C(=O)CC(N(C(=O)CC(C)(C)C)C3CCCCCC3)C2=O)cc1. The summed E-state index contributed by atoms with van der Waals surface area (Å²) >= 11 is 0. The van der Waals surface area contributed by atoms with Crippen molar-refractivity contribution in [3.8, 4) is 0 Å². The van der Waals surface area contributed by atoms with Crippen LogP contribution in [0.2, 0.25) is 0 Å². The second kappa shape index (κ2) is 9.84. The molecule has 1 aromatic rings. The van der Waals surface area contributed by atoms with Crippen LogP contribution in [0.1, 0.15) is 79.1 Å². The van der Waals surface area contributed by atoms with E-state index in [2.05, 4.69) is 5.32 Å². The molecule has 3 rings (SSSR count). The first kappa shape index (κ1) is 24.0. The van der Waals surface area contributed by atoms with E-state index in [1.807, 2.05) is 20.8 Å². The lowest BCUT2D eigenvalue weighted by Crippen LogP contribution is -2.51. The minimum Gasteiger partial charge on any atom is -0.327 e. The van der Waals surface area contributed by atoms with Crippen molar-refractivity contribution >= 4 is 35.0 Å². The van der Waals surface area contributed by atoms with Crippen LogP contribution in [0.25, 0.3) is 0 Å². The Hall–Kier alpha value is -2.70. The Balaban J connectivity index is 1.86. The average molecular weight is 442 g/mol. The molecule has 4 amide bonds. The van der Waals surface area contributed by atoms with Gasteiger partial charge < -0.3 is 10.2 Å². The lowest BCUT2D eigenvalue weighted by Gasteiger charge is -2.36. The standard InChI is InChI=1S/C25H35N3O4/c1-17(29)26-18-11-13-20(14-12-18)28-22(30)15-21(24(28)32)27(23(31)16-25(2,3)4)19-9-7-5-6-8-10-19/h11-14,19,21H,5-10,15-16H2,1-4H3,(H,26,29). The molecule has 1 atom stereocenters. The highest BCUT2D eigenvalue weighted by atomic mass is 16.2. The van der Waals surface area contributed by atoms with Gasteiger partial charge in [-0.25, -0.2) is 4.90 Å². The van der Waals surface area contributed by atoms with Crippen LogP contribution in [0.3, 0.4) is 0 Å². The molecule has 1 aliphatic heterocycles. The molecule has 1 aromatic carbocycles. The predicted molar refractivity (Wildman–Crippen MR) is 124 cm³/mol. The lowest BCUT2D eigenvalue weighted by atomic mass is 9.90. The summed E-state index contributed by atoms with van der Waals surface area (Å²) in [6.45, 7) is 7.46. The number of nitrogens with one attached hydrogen (secondary N) is 1. The lowest BCUT2D eigenvalue weighted by molar-refractivity contribution is -0.143. The van der Waals surface area contributed by atoms with Crippen molar-refractivity contribution in [2.45, 2.75) is 91.1 Å². The Morgan fingerprint density at radius 2 is 1.62 bits per heavy atom. The van der Waals surface area contributed by atoms with Crippen LogP contribution < -0.4 is 10.2 Å². The van der Waals surface area contributed by atoms with E-state index in [1.165, 1.54) is 11.8 Å². The molecule has 174 valence electrons. The van der Waals surface area contributed by atoms with Gasteiger partial charge in [-0.1, -0.05) is 46.5 Å². The molecular formula is C25H35N3O4. The van der Waals surface area contributed by atoms with Crippen LogP contribution in [0.15, 0.2) is 24.3 Å². The van der Waals surface area contributed by atoms with E-state index in [4.69, 9.17) is 0 Å². The number of carbonyl (C=O) groups excluding carboxylic acids is 4. The molecule has 2 aliphatic rings. The number of imide groups is 1. The molecule has 1 N–H and O–H groups in total. The fourth-order valence-corrected chi connectivity index (χ4v) is 4.71. The van der Waals surface area contributed by atoms with E-state index in [1.54, 1.807) is 29.2 Å². The van der Waals surface area contributed by atoms with Gasteiger partial charge >= 0.3 is 0 Å². The van der Waals surface area contributed by atoms with Crippen molar-refractivity contribution in [1.82, 2.24) is 4.90 Å². The third kappa shape index (κ3) is 5.75. The zero-order valence-corrected chi connectivity index (χ0v) is 19.6. The maximum absolute atomic E-state index is 13.5. The van der Waals surface area contributed by atoms with Crippen molar-refractivity contribution in [2.75, 3.05) is 10.2 Å². The summed E-state index contributed by atoms with van der Waals surface area (Å²) < 4.78 is 0. The van der Waals surface area contributed by atoms with Crippen LogP contribution in [0.4, 0.5) is 11.4 Å². The van der Waals surface area contributed by atoms with Crippen molar-refractivity contribution in [1.29, 1.82) is 0 Å². The molecule has 0 aromatic heterocycles. The Morgan fingerprint density at radius 3 is 2.16 bits per heavy atom. The fraction of sp³-hybridized carbons (Fsp3) is 0.600. The third-order valence-electron chi connectivity index (χ3n) is 6.09. The first-order valence-electron chi connectivity index (χ1n) is 11.6. The fourth-order valence-electron chi connectivity index (χ4n) is 4.71. The molecule has 1 saturated heterocycles. The molecule has 1 aliphatic carbocycles. The van der Waals surface area contributed by atoms with Crippen LogP contribution in [0, 0.1) is 5.41 Å². The van der Waals surface area contributed by atoms with Gasteiger partial charge in [-0.15, -0.1) is 0 Å². The first-order chi connectivity index (χ1) is 15.1. The zero-order chi connectivity index (χ0) is 23.5. The number of hydrogen-bond donors (Lipinski definition) is 1. The summed E-state index contributed by atoms with van der Waals surface area (Å²) in [5.74, 6) is -0.871. The molecular weight excluding hydrogens is 406 g/mol. The monoisotopic (exact) mass is 441 g/mol. The van der Waals surface area contributed by atoms with Crippen molar-refractivity contribution in [2.24, 2.45) is 5.41 Å². The molecule has 2 fully saturated rings. The molecule has 0 radical (unpaired) electrons. The van der Waals surface area contributed by atoms with Crippen molar-refractivity contribution in [3.05, 3.63) is 24.3 Å². The zero-order valence-electron chi connectivity index (χ0n) is 19.6. The van der Waals surface area contributed by atoms with E-state index in [-0.39, 0.29) is 41.5 Å². The second-order valence-corrected chi connectivity index (χ2v) is 10.2. The van der Waals surface area contributed by atoms with Crippen LogP contribution >= 0.6 is 0 Å². The van der Waals surface area contributed by atoms with E-state index in [9.17, 15) is 19.2 Å². The van der Waals surface area contributed by atoms with Gasteiger partial charge in [0, 0.05) is 25.1 Å². The summed E-state index contributed by atoms with van der Waals surface area (Å²) in [7, 11) is 0. The minimum absolute atomic E-state index is 0.00353. The molecule has 1 heterocycles. The van der Waals surface area contributed by atoms with Gasteiger partial charge in [0.2, 0.25) is 17.7 Å². The minimum atomic E-state index is -0.754. The first-order valence-corrected chi connectivity index (χ1v) is 11.6. The summed E-state index contributed by atoms with van der Waals surface area (Å²) in [5.41, 5.74) is 0.850. The Labute approximate surface area is 190 Å². The van der Waals surface area contributed by atoms with Gasteiger partial charge in [-0.3, -0.25) is 19.2 Å². The van der Waals surface area contributed by atoms with E-state index in [0.717, 1.165) is 38.5 Å². The number of hydrogen-bond acceptors (Lipinski definition) is 4. The number of nitrogens with zero attached hydrogens (tertiary/aromatic N) is 2. The molecule has 0 spiro atoms. The molecule has 0 bridgehead atoms. The highest BCUT2D eigenvalue weighted by Gasteiger charge is 2.46. The Morgan fingerprint density at radius 1 is 1.03 bits per heavy atom. The van der Waals surface area contributed by atoms with Crippen molar-refractivity contribution in [3.63, 3.8) is 0 Å². The Kier molecular flexibility index (Phi) is 7.36. The quantitative estimate of drug-likeness (QED) is 0.546. The summed E-state index contributed by atoms with van der Waals surface area (Å²) in [6, 6.07) is 5.87. The second-order valence-electron chi connectivity index (χ2n) is 10.2. The van der Waals surface area contributed by atoms with Gasteiger partial charge in [0.15, 0.2) is 0 Å². The summed E-state index contributed by atoms with van der Waals surface area (Å²) in [4.78, 5) is 54.0. The molecule has 1 unspecified atom stereocenters. The van der Waals surface area contributed by atoms with E-state index < -0.39 is 6.04 Å². The van der Waals surface area contributed by atoms with E-state index in [0.29, 0.717) is 17.8 Å². The molecule has 1 saturated carbocycles. The smallest absolute Gasteiger partial charge is 0.257 e. The van der Waals surface area contributed by atoms with E-state index >= 15 is 0 Å². The summed E-state index contributed by atoms with van der Waals surface area (Å²) in [5, 5.41) is 2.68. The highest BCUT2D eigenvalue weighted by Crippen LogP contribution is 2.33. The number of amides is 4. The van der Waals surface area contributed by atoms with Crippen LogP contribution in [-0.2, 0) is 19.2 Å². The van der Waals surface area contributed by atoms with Gasteiger partial charge in [0.25, 0.3) is 5.91 Å².